The average Bonchev–Trinajstić information content (AvgIpc) is 2.95. The first-order valence-electron chi connectivity index (χ1n) is 6.69. The smallest absolute Gasteiger partial charge is 0.213 e. The third-order valence-electron chi connectivity index (χ3n) is 3.43. The first kappa shape index (κ1) is 13.3. The molecule has 0 saturated heterocycles. The van der Waals surface area contributed by atoms with Crippen LogP contribution in [-0.4, -0.2) is 19.7 Å². The molecule has 0 aliphatic rings. The van der Waals surface area contributed by atoms with Crippen LogP contribution in [0.15, 0.2) is 18.2 Å². The number of fused-ring (bicyclic) bond motifs is 1. The molecule has 2 aromatic heterocycles. The van der Waals surface area contributed by atoms with Gasteiger partial charge in [0, 0.05) is 5.56 Å². The van der Waals surface area contributed by atoms with E-state index in [1.54, 1.807) is 15.9 Å². The molecular weight excluding hydrogens is 270 g/mol. The minimum atomic E-state index is -0.0588. The van der Waals surface area contributed by atoms with E-state index in [1.807, 2.05) is 0 Å². The lowest BCUT2D eigenvalue weighted by Gasteiger charge is -2.06. The molecule has 0 fully saturated rings. The summed E-state index contributed by atoms with van der Waals surface area (Å²) >= 11 is 1.58. The van der Waals surface area contributed by atoms with Gasteiger partial charge in [0.1, 0.15) is 5.01 Å². The Morgan fingerprint density at radius 3 is 2.75 bits per heavy atom. The normalized spacial score (nSPS) is 11.4. The molecule has 3 rings (SSSR count). The number of aryl methyl sites for hydroxylation is 3. The van der Waals surface area contributed by atoms with Gasteiger partial charge in [0.05, 0.1) is 18.0 Å². The second kappa shape index (κ2) is 5.00. The number of rotatable bonds is 3. The summed E-state index contributed by atoms with van der Waals surface area (Å²) < 4.78 is 1.78. The molecule has 0 aliphatic heterocycles. The first-order chi connectivity index (χ1) is 9.63. The van der Waals surface area contributed by atoms with Gasteiger partial charge < -0.3 is 5.11 Å². The Balaban J connectivity index is 2.22. The zero-order valence-electron chi connectivity index (χ0n) is 11.8. The Morgan fingerprint density at radius 2 is 2.10 bits per heavy atom. The third kappa shape index (κ3) is 2.03. The molecule has 0 saturated carbocycles. The summed E-state index contributed by atoms with van der Waals surface area (Å²) in [7, 11) is 0. The Bertz CT molecular complexity index is 773. The lowest BCUT2D eigenvalue weighted by atomic mass is 10.0. The van der Waals surface area contributed by atoms with Gasteiger partial charge in [-0.25, -0.2) is 9.50 Å². The van der Waals surface area contributed by atoms with E-state index < -0.39 is 0 Å². The minimum absolute atomic E-state index is 0.0588. The third-order valence-corrected chi connectivity index (χ3v) is 4.48. The predicted molar refractivity (Wildman–Crippen MR) is 81.1 cm³/mol. The highest BCUT2D eigenvalue weighted by Gasteiger charge is 2.18. The van der Waals surface area contributed by atoms with Gasteiger partial charge >= 0.3 is 0 Å². The monoisotopic (exact) mass is 287 g/mol. The maximum atomic E-state index is 9.70. The van der Waals surface area contributed by atoms with Crippen molar-refractivity contribution in [2.45, 2.75) is 33.8 Å². The number of nitrogens with zero attached hydrogens (tertiary/aromatic N) is 3. The lowest BCUT2D eigenvalue weighted by molar-refractivity contribution is 0.275. The van der Waals surface area contributed by atoms with E-state index in [2.05, 4.69) is 49.1 Å². The van der Waals surface area contributed by atoms with E-state index >= 15 is 0 Å². The molecule has 0 bridgehead atoms. The zero-order chi connectivity index (χ0) is 14.3. The molecule has 3 aromatic rings. The lowest BCUT2D eigenvalue weighted by Crippen LogP contribution is -1.97. The fourth-order valence-corrected chi connectivity index (χ4v) is 3.26. The Kier molecular flexibility index (Phi) is 3.31. The van der Waals surface area contributed by atoms with E-state index in [1.165, 1.54) is 11.1 Å². The van der Waals surface area contributed by atoms with Crippen molar-refractivity contribution in [2.24, 2.45) is 0 Å². The van der Waals surface area contributed by atoms with Crippen molar-refractivity contribution in [1.82, 2.24) is 14.6 Å². The predicted octanol–water partition coefficient (Wildman–Crippen LogP) is 3.13. The van der Waals surface area contributed by atoms with Crippen LogP contribution in [0.3, 0.4) is 0 Å². The Labute approximate surface area is 121 Å². The standard InChI is InChI=1S/C15H17N3OS/c1-4-13-17-18-12(8-19)14(16-15(18)20-13)11-6-5-9(2)7-10(11)3/h5-7,19H,4,8H2,1-3H3. The van der Waals surface area contributed by atoms with Crippen molar-refractivity contribution in [3.63, 3.8) is 0 Å². The van der Waals surface area contributed by atoms with E-state index in [0.29, 0.717) is 0 Å². The summed E-state index contributed by atoms with van der Waals surface area (Å²) in [5, 5.41) is 15.2. The van der Waals surface area contributed by atoms with Gasteiger partial charge in [-0.2, -0.15) is 5.10 Å². The van der Waals surface area contributed by atoms with Crippen molar-refractivity contribution in [1.29, 1.82) is 0 Å². The van der Waals surface area contributed by atoms with E-state index in [0.717, 1.165) is 33.3 Å². The van der Waals surface area contributed by atoms with Gasteiger partial charge in [-0.3, -0.25) is 0 Å². The van der Waals surface area contributed by atoms with E-state index in [4.69, 9.17) is 0 Å². The van der Waals surface area contributed by atoms with Crippen molar-refractivity contribution in [3.05, 3.63) is 40.0 Å². The average molecular weight is 287 g/mol. The number of imidazole rings is 1. The molecule has 0 unspecified atom stereocenters. The SMILES string of the molecule is CCc1nn2c(CO)c(-c3ccc(C)cc3C)nc2s1. The molecular formula is C15H17N3OS. The number of aliphatic hydroxyl groups is 1. The first-order valence-corrected chi connectivity index (χ1v) is 7.51. The summed E-state index contributed by atoms with van der Waals surface area (Å²) in [4.78, 5) is 5.52. The Morgan fingerprint density at radius 1 is 1.30 bits per heavy atom. The van der Waals surface area contributed by atoms with Crippen LogP contribution in [0, 0.1) is 13.8 Å². The molecule has 5 heteroatoms. The summed E-state index contributed by atoms with van der Waals surface area (Å²) in [6.07, 6.45) is 0.887. The number of hydrogen-bond acceptors (Lipinski definition) is 4. The van der Waals surface area contributed by atoms with Crippen LogP contribution >= 0.6 is 11.3 Å². The van der Waals surface area contributed by atoms with Crippen molar-refractivity contribution in [3.8, 4) is 11.3 Å². The topological polar surface area (TPSA) is 50.4 Å². The molecule has 1 aromatic carbocycles. The quantitative estimate of drug-likeness (QED) is 0.805. The van der Waals surface area contributed by atoms with Crippen LogP contribution in [0.1, 0.15) is 28.8 Å². The van der Waals surface area contributed by atoms with Crippen LogP contribution in [0.25, 0.3) is 16.2 Å². The molecule has 104 valence electrons. The van der Waals surface area contributed by atoms with Gasteiger partial charge in [-0.1, -0.05) is 42.0 Å². The maximum absolute atomic E-state index is 9.70. The fraction of sp³-hybridized carbons (Fsp3) is 0.333. The maximum Gasteiger partial charge on any atom is 0.213 e. The largest absolute Gasteiger partial charge is 0.390 e. The van der Waals surface area contributed by atoms with E-state index in [9.17, 15) is 5.11 Å². The highest BCUT2D eigenvalue weighted by molar-refractivity contribution is 7.16. The zero-order valence-corrected chi connectivity index (χ0v) is 12.7. The molecule has 1 N–H and O–H groups in total. The highest BCUT2D eigenvalue weighted by Crippen LogP contribution is 2.29. The van der Waals surface area contributed by atoms with Crippen LogP contribution in [0.4, 0.5) is 0 Å². The minimum Gasteiger partial charge on any atom is -0.390 e. The summed E-state index contributed by atoms with van der Waals surface area (Å²) in [6.45, 7) is 6.16. The van der Waals surface area contributed by atoms with Crippen molar-refractivity contribution < 1.29 is 5.11 Å². The van der Waals surface area contributed by atoms with Crippen LogP contribution in [0.2, 0.25) is 0 Å². The highest BCUT2D eigenvalue weighted by atomic mass is 32.1. The number of benzene rings is 1. The Hall–Kier alpha value is -1.72. The van der Waals surface area contributed by atoms with Gasteiger partial charge in [-0.15, -0.1) is 0 Å². The summed E-state index contributed by atoms with van der Waals surface area (Å²) in [5.74, 6) is 0. The van der Waals surface area contributed by atoms with Crippen molar-refractivity contribution >= 4 is 16.3 Å². The molecule has 0 radical (unpaired) electrons. The molecule has 4 nitrogen and oxygen atoms in total. The number of aromatic nitrogens is 3. The summed E-state index contributed by atoms with van der Waals surface area (Å²) in [5.41, 5.74) is 5.06. The summed E-state index contributed by atoms with van der Waals surface area (Å²) in [6, 6.07) is 6.27. The molecule has 2 heterocycles. The molecule has 0 spiro atoms. The molecule has 0 amide bonds. The van der Waals surface area contributed by atoms with Gasteiger partial charge in [0.25, 0.3) is 0 Å². The van der Waals surface area contributed by atoms with Gasteiger partial charge in [0.2, 0.25) is 4.96 Å². The van der Waals surface area contributed by atoms with E-state index in [-0.39, 0.29) is 6.61 Å². The molecule has 0 atom stereocenters. The molecule has 20 heavy (non-hydrogen) atoms. The fourth-order valence-electron chi connectivity index (χ4n) is 2.41. The second-order valence-corrected chi connectivity index (χ2v) is 5.97. The van der Waals surface area contributed by atoms with Gasteiger partial charge in [0.15, 0.2) is 0 Å². The van der Waals surface area contributed by atoms with Crippen LogP contribution < -0.4 is 0 Å². The van der Waals surface area contributed by atoms with Gasteiger partial charge in [-0.05, 0) is 25.8 Å². The van der Waals surface area contributed by atoms with Crippen LogP contribution in [0.5, 0.6) is 0 Å². The molecule has 0 aliphatic carbocycles. The number of aliphatic hydroxyl groups excluding tert-OH is 1. The second-order valence-electron chi connectivity index (χ2n) is 4.93. The van der Waals surface area contributed by atoms with Crippen LogP contribution in [-0.2, 0) is 13.0 Å². The number of hydrogen-bond donors (Lipinski definition) is 1. The van der Waals surface area contributed by atoms with Crippen molar-refractivity contribution in [2.75, 3.05) is 0 Å².